The van der Waals surface area contributed by atoms with Crippen molar-refractivity contribution >= 4 is 0 Å². The molecule has 3 N–H and O–H groups in total. The molecule has 0 heterocycles. The number of halogens is 1. The summed E-state index contributed by atoms with van der Waals surface area (Å²) < 4.78 is 13.1. The number of aliphatic hydroxyl groups is 1. The van der Waals surface area contributed by atoms with E-state index in [9.17, 15) is 4.39 Å². The van der Waals surface area contributed by atoms with Crippen LogP contribution in [0.15, 0.2) is 18.2 Å². The van der Waals surface area contributed by atoms with Crippen LogP contribution in [0.1, 0.15) is 25.5 Å². The molecule has 0 aromatic heterocycles. The number of phenolic OH excluding ortho intramolecular Hbond substituents is 1. The number of aromatic hydroxyl groups is 1. The zero-order valence-corrected chi connectivity index (χ0v) is 8.87. The number of nitrogens with one attached hydrogen (secondary N) is 1. The van der Waals surface area contributed by atoms with Gasteiger partial charge in [0.15, 0.2) is 11.6 Å². The van der Waals surface area contributed by atoms with Gasteiger partial charge in [0.05, 0.1) is 12.6 Å². The molecule has 1 unspecified atom stereocenters. The van der Waals surface area contributed by atoms with Gasteiger partial charge in [-0.15, -0.1) is 0 Å². The first kappa shape index (κ1) is 11.9. The number of hydrogen-bond donors (Lipinski definition) is 3. The van der Waals surface area contributed by atoms with Crippen LogP contribution in [0.3, 0.4) is 0 Å². The lowest BCUT2D eigenvalue weighted by Gasteiger charge is -2.19. The van der Waals surface area contributed by atoms with Crippen molar-refractivity contribution in [3.05, 3.63) is 29.6 Å². The molecule has 3 nitrogen and oxygen atoms in total. The van der Waals surface area contributed by atoms with Gasteiger partial charge in [-0.05, 0) is 17.7 Å². The average molecular weight is 213 g/mol. The Hall–Kier alpha value is -1.13. The molecule has 0 saturated carbocycles. The van der Waals surface area contributed by atoms with Gasteiger partial charge in [0.1, 0.15) is 0 Å². The van der Waals surface area contributed by atoms with Crippen LogP contribution in [-0.4, -0.2) is 22.9 Å². The highest BCUT2D eigenvalue weighted by atomic mass is 19.1. The third-order valence-corrected chi connectivity index (χ3v) is 2.09. The second-order valence-corrected chi connectivity index (χ2v) is 3.77. The topological polar surface area (TPSA) is 52.5 Å². The normalized spacial score (nSPS) is 13.1. The monoisotopic (exact) mass is 213 g/mol. The lowest BCUT2D eigenvalue weighted by atomic mass is 10.1. The first-order valence-electron chi connectivity index (χ1n) is 4.90. The van der Waals surface area contributed by atoms with Crippen LogP contribution in [0.2, 0.25) is 0 Å². The molecule has 0 fully saturated rings. The lowest BCUT2D eigenvalue weighted by Crippen LogP contribution is -2.30. The first-order chi connectivity index (χ1) is 7.04. The van der Waals surface area contributed by atoms with Gasteiger partial charge in [0.2, 0.25) is 0 Å². The second kappa shape index (κ2) is 5.09. The molecule has 0 aliphatic carbocycles. The summed E-state index contributed by atoms with van der Waals surface area (Å²) in [7, 11) is 0. The molecule has 1 atom stereocenters. The number of benzene rings is 1. The van der Waals surface area contributed by atoms with E-state index in [2.05, 4.69) is 5.32 Å². The minimum Gasteiger partial charge on any atom is -0.505 e. The van der Waals surface area contributed by atoms with E-state index in [-0.39, 0.29) is 24.4 Å². The van der Waals surface area contributed by atoms with E-state index in [1.54, 1.807) is 6.07 Å². The van der Waals surface area contributed by atoms with Crippen LogP contribution < -0.4 is 5.32 Å². The molecular weight excluding hydrogens is 197 g/mol. The van der Waals surface area contributed by atoms with Gasteiger partial charge < -0.3 is 15.5 Å². The van der Waals surface area contributed by atoms with E-state index in [0.29, 0.717) is 5.56 Å². The molecule has 15 heavy (non-hydrogen) atoms. The Labute approximate surface area is 88.6 Å². The van der Waals surface area contributed by atoms with Crippen LogP contribution in [-0.2, 0) is 0 Å². The maximum absolute atomic E-state index is 13.1. The quantitative estimate of drug-likeness (QED) is 0.711. The minimum absolute atomic E-state index is 0.109. The Morgan fingerprint density at radius 2 is 2.07 bits per heavy atom. The van der Waals surface area contributed by atoms with Gasteiger partial charge in [0, 0.05) is 6.04 Å². The van der Waals surface area contributed by atoms with Crippen molar-refractivity contribution in [2.75, 3.05) is 6.61 Å². The van der Waals surface area contributed by atoms with E-state index < -0.39 is 5.82 Å². The Kier molecular flexibility index (Phi) is 4.05. The molecule has 0 saturated heterocycles. The largest absolute Gasteiger partial charge is 0.505 e. The Bertz CT molecular complexity index is 328. The van der Waals surface area contributed by atoms with Crippen LogP contribution >= 0.6 is 0 Å². The molecule has 0 aliphatic heterocycles. The predicted molar refractivity (Wildman–Crippen MR) is 56.2 cm³/mol. The van der Waals surface area contributed by atoms with E-state index in [0.717, 1.165) is 0 Å². The van der Waals surface area contributed by atoms with Crippen LogP contribution in [0, 0.1) is 5.82 Å². The van der Waals surface area contributed by atoms with E-state index in [4.69, 9.17) is 10.2 Å². The number of phenols is 1. The van der Waals surface area contributed by atoms with Gasteiger partial charge >= 0.3 is 0 Å². The molecule has 0 bridgehead atoms. The fraction of sp³-hybridized carbons (Fsp3) is 0.455. The standard InChI is InChI=1S/C11H16FNO2/c1-7(2)13-10(6-14)8-3-4-11(15)9(12)5-8/h3-5,7,10,13-15H,6H2,1-2H3. The highest BCUT2D eigenvalue weighted by Gasteiger charge is 2.13. The number of rotatable bonds is 4. The molecule has 0 amide bonds. The summed E-state index contributed by atoms with van der Waals surface area (Å²) in [6, 6.07) is 3.99. The van der Waals surface area contributed by atoms with Crippen molar-refractivity contribution in [2.45, 2.75) is 25.9 Å². The van der Waals surface area contributed by atoms with Gasteiger partial charge in [-0.3, -0.25) is 0 Å². The van der Waals surface area contributed by atoms with Crippen LogP contribution in [0.5, 0.6) is 5.75 Å². The molecule has 0 radical (unpaired) electrons. The summed E-state index contributed by atoms with van der Waals surface area (Å²) >= 11 is 0. The highest BCUT2D eigenvalue weighted by molar-refractivity contribution is 5.30. The fourth-order valence-electron chi connectivity index (χ4n) is 1.40. The average Bonchev–Trinajstić information content (AvgIpc) is 2.18. The number of aliphatic hydroxyl groups excluding tert-OH is 1. The molecule has 0 aliphatic rings. The minimum atomic E-state index is -0.670. The van der Waals surface area contributed by atoms with Crippen molar-refractivity contribution in [1.82, 2.24) is 5.32 Å². The second-order valence-electron chi connectivity index (χ2n) is 3.77. The van der Waals surface area contributed by atoms with Crippen LogP contribution in [0.25, 0.3) is 0 Å². The highest BCUT2D eigenvalue weighted by Crippen LogP contribution is 2.20. The first-order valence-corrected chi connectivity index (χ1v) is 4.90. The summed E-state index contributed by atoms with van der Waals surface area (Å²) in [6.07, 6.45) is 0. The van der Waals surface area contributed by atoms with Crippen molar-refractivity contribution in [3.8, 4) is 5.75 Å². The fourth-order valence-corrected chi connectivity index (χ4v) is 1.40. The Balaban J connectivity index is 2.87. The molecule has 4 heteroatoms. The maximum atomic E-state index is 13.1. The molecular formula is C11H16FNO2. The maximum Gasteiger partial charge on any atom is 0.165 e. The van der Waals surface area contributed by atoms with Crippen molar-refractivity contribution in [1.29, 1.82) is 0 Å². The molecule has 84 valence electrons. The molecule has 0 spiro atoms. The SMILES string of the molecule is CC(C)NC(CO)c1ccc(O)c(F)c1. The van der Waals surface area contributed by atoms with Gasteiger partial charge in [-0.25, -0.2) is 4.39 Å². The Morgan fingerprint density at radius 1 is 1.40 bits per heavy atom. The summed E-state index contributed by atoms with van der Waals surface area (Å²) in [4.78, 5) is 0. The summed E-state index contributed by atoms with van der Waals surface area (Å²) in [5.74, 6) is -1.04. The lowest BCUT2D eigenvalue weighted by molar-refractivity contribution is 0.237. The van der Waals surface area contributed by atoms with Crippen molar-refractivity contribution in [3.63, 3.8) is 0 Å². The molecule has 1 rings (SSSR count). The summed E-state index contributed by atoms with van der Waals surface area (Å²) in [5.41, 5.74) is 0.626. The zero-order valence-electron chi connectivity index (χ0n) is 8.87. The van der Waals surface area contributed by atoms with Gasteiger partial charge in [0.25, 0.3) is 0 Å². The van der Waals surface area contributed by atoms with Gasteiger partial charge in [-0.2, -0.15) is 0 Å². The summed E-state index contributed by atoms with van der Waals surface area (Å²) in [5, 5.41) is 21.3. The molecule has 1 aromatic carbocycles. The van der Waals surface area contributed by atoms with Crippen molar-refractivity contribution in [2.24, 2.45) is 0 Å². The van der Waals surface area contributed by atoms with E-state index >= 15 is 0 Å². The third kappa shape index (κ3) is 3.18. The summed E-state index contributed by atoms with van der Waals surface area (Å²) in [6.45, 7) is 3.78. The van der Waals surface area contributed by atoms with E-state index in [1.165, 1.54) is 12.1 Å². The van der Waals surface area contributed by atoms with Crippen molar-refractivity contribution < 1.29 is 14.6 Å². The van der Waals surface area contributed by atoms with Gasteiger partial charge in [-0.1, -0.05) is 19.9 Å². The number of hydrogen-bond acceptors (Lipinski definition) is 3. The zero-order chi connectivity index (χ0) is 11.4. The Morgan fingerprint density at radius 3 is 2.53 bits per heavy atom. The molecule has 1 aromatic rings. The van der Waals surface area contributed by atoms with Crippen LogP contribution in [0.4, 0.5) is 4.39 Å². The predicted octanol–water partition coefficient (Wildman–Crippen LogP) is 1.56. The van der Waals surface area contributed by atoms with E-state index in [1.807, 2.05) is 13.8 Å². The third-order valence-electron chi connectivity index (χ3n) is 2.09. The smallest absolute Gasteiger partial charge is 0.165 e.